The third-order valence-electron chi connectivity index (χ3n) is 2.14. The Bertz CT molecular complexity index is 599. The third kappa shape index (κ3) is 2.05. The Morgan fingerprint density at radius 3 is 2.47 bits per heavy atom. The van der Waals surface area contributed by atoms with Gasteiger partial charge in [-0.05, 0) is 28.6 Å². The fourth-order valence-electron chi connectivity index (χ4n) is 1.29. The maximum atomic E-state index is 12.5. The van der Waals surface area contributed by atoms with Crippen molar-refractivity contribution in [2.45, 2.75) is 6.18 Å². The van der Waals surface area contributed by atoms with Crippen LogP contribution in [-0.2, 0) is 13.2 Å². The molecule has 0 aliphatic heterocycles. The topological polar surface area (TPSA) is 52.7 Å². The van der Waals surface area contributed by atoms with E-state index in [1.807, 2.05) is 0 Å². The van der Waals surface area contributed by atoms with Crippen LogP contribution in [0.3, 0.4) is 0 Å². The number of rotatable bonds is 1. The molecule has 0 radical (unpaired) electrons. The van der Waals surface area contributed by atoms with E-state index < -0.39 is 17.4 Å². The van der Waals surface area contributed by atoms with Gasteiger partial charge in [0.25, 0.3) is 0 Å². The summed E-state index contributed by atoms with van der Waals surface area (Å²) < 4.78 is 39.1. The van der Waals surface area contributed by atoms with Crippen molar-refractivity contribution < 1.29 is 13.2 Å². The van der Waals surface area contributed by atoms with Gasteiger partial charge in [0.15, 0.2) is 0 Å². The Balaban J connectivity index is 2.55. The number of nitrogens with zero attached hydrogens (tertiary/aromatic N) is 4. The van der Waals surface area contributed by atoms with Gasteiger partial charge in [0.05, 0.1) is 11.3 Å². The van der Waals surface area contributed by atoms with Crippen LogP contribution in [0.5, 0.6) is 0 Å². The molecular weight excluding hydrogens is 237 g/mol. The summed E-state index contributed by atoms with van der Waals surface area (Å²) in [4.78, 5) is 11.4. The van der Waals surface area contributed by atoms with E-state index in [1.54, 1.807) is 0 Å². The van der Waals surface area contributed by atoms with Crippen molar-refractivity contribution in [1.29, 1.82) is 0 Å². The van der Waals surface area contributed by atoms with Crippen LogP contribution in [0.2, 0.25) is 0 Å². The SMILES string of the molecule is Cn1nnn(-c2cccc(C(F)(F)F)c2)c1=O. The first-order valence-electron chi connectivity index (χ1n) is 4.56. The molecule has 0 aliphatic rings. The van der Waals surface area contributed by atoms with Crippen molar-refractivity contribution in [2.75, 3.05) is 0 Å². The molecule has 0 spiro atoms. The standard InChI is InChI=1S/C9H7F3N4O/c1-15-8(17)16(14-13-15)7-4-2-3-6(5-7)9(10,11)12/h2-5H,1H3. The van der Waals surface area contributed by atoms with Gasteiger partial charge in [0.1, 0.15) is 0 Å². The smallest absolute Gasteiger partial charge is 0.244 e. The maximum absolute atomic E-state index is 12.5. The zero-order chi connectivity index (χ0) is 12.6. The molecule has 2 rings (SSSR count). The van der Waals surface area contributed by atoms with E-state index in [0.717, 1.165) is 21.5 Å². The van der Waals surface area contributed by atoms with E-state index in [0.29, 0.717) is 0 Å². The van der Waals surface area contributed by atoms with Crippen molar-refractivity contribution in [1.82, 2.24) is 19.8 Å². The summed E-state index contributed by atoms with van der Waals surface area (Å²) in [7, 11) is 1.36. The summed E-state index contributed by atoms with van der Waals surface area (Å²) in [6, 6.07) is 4.32. The quantitative estimate of drug-likeness (QED) is 0.751. The number of benzene rings is 1. The summed E-state index contributed by atoms with van der Waals surface area (Å²) in [6.07, 6.45) is -4.46. The van der Waals surface area contributed by atoms with Crippen LogP contribution < -0.4 is 5.69 Å². The van der Waals surface area contributed by atoms with Crippen molar-refractivity contribution >= 4 is 0 Å². The third-order valence-corrected chi connectivity index (χ3v) is 2.14. The molecule has 2 aromatic rings. The van der Waals surface area contributed by atoms with Gasteiger partial charge in [-0.3, -0.25) is 0 Å². The minimum Gasteiger partial charge on any atom is -0.244 e. The summed E-state index contributed by atoms with van der Waals surface area (Å²) in [5, 5.41) is 6.88. The van der Waals surface area contributed by atoms with E-state index in [1.165, 1.54) is 19.2 Å². The highest BCUT2D eigenvalue weighted by Crippen LogP contribution is 2.29. The molecule has 0 aliphatic carbocycles. The molecule has 0 saturated carbocycles. The molecule has 0 bridgehead atoms. The molecule has 1 aromatic heterocycles. The first-order valence-corrected chi connectivity index (χ1v) is 4.56. The van der Waals surface area contributed by atoms with Crippen LogP contribution in [0.4, 0.5) is 13.2 Å². The van der Waals surface area contributed by atoms with E-state index >= 15 is 0 Å². The van der Waals surface area contributed by atoms with Gasteiger partial charge in [-0.15, -0.1) is 0 Å². The van der Waals surface area contributed by atoms with Gasteiger partial charge in [0.2, 0.25) is 0 Å². The van der Waals surface area contributed by atoms with Crippen molar-refractivity contribution in [3.63, 3.8) is 0 Å². The minimum atomic E-state index is -4.46. The van der Waals surface area contributed by atoms with Crippen LogP contribution in [0.1, 0.15) is 5.56 Å². The molecule has 0 amide bonds. The van der Waals surface area contributed by atoms with Gasteiger partial charge in [-0.2, -0.15) is 22.5 Å². The van der Waals surface area contributed by atoms with Crippen molar-refractivity contribution in [3.05, 3.63) is 40.3 Å². The number of hydrogen-bond donors (Lipinski definition) is 0. The first-order chi connectivity index (χ1) is 7.89. The highest BCUT2D eigenvalue weighted by molar-refractivity contribution is 5.35. The van der Waals surface area contributed by atoms with E-state index in [9.17, 15) is 18.0 Å². The number of alkyl halides is 3. The van der Waals surface area contributed by atoms with Crippen molar-refractivity contribution in [2.24, 2.45) is 7.05 Å². The van der Waals surface area contributed by atoms with Crippen LogP contribution in [0.25, 0.3) is 5.69 Å². The van der Waals surface area contributed by atoms with Gasteiger partial charge >= 0.3 is 11.9 Å². The molecule has 0 fully saturated rings. The largest absolute Gasteiger partial charge is 0.416 e. The lowest BCUT2D eigenvalue weighted by atomic mass is 10.2. The second-order valence-electron chi connectivity index (χ2n) is 3.34. The Kier molecular flexibility index (Phi) is 2.49. The highest BCUT2D eigenvalue weighted by Gasteiger charge is 2.30. The molecular formula is C9H7F3N4O. The zero-order valence-electron chi connectivity index (χ0n) is 8.64. The number of hydrogen-bond acceptors (Lipinski definition) is 3. The molecule has 0 atom stereocenters. The lowest BCUT2D eigenvalue weighted by Gasteiger charge is -2.07. The fraction of sp³-hybridized carbons (Fsp3) is 0.222. The van der Waals surface area contributed by atoms with E-state index in [4.69, 9.17) is 0 Å². The van der Waals surface area contributed by atoms with E-state index in [2.05, 4.69) is 10.4 Å². The van der Waals surface area contributed by atoms with E-state index in [-0.39, 0.29) is 5.69 Å². The predicted octanol–water partition coefficient (Wildman–Crippen LogP) is 0.985. The summed E-state index contributed by atoms with van der Waals surface area (Å²) in [6.45, 7) is 0. The molecule has 17 heavy (non-hydrogen) atoms. The van der Waals surface area contributed by atoms with Gasteiger partial charge in [-0.1, -0.05) is 6.07 Å². The van der Waals surface area contributed by atoms with Crippen molar-refractivity contribution in [3.8, 4) is 5.69 Å². The Labute approximate surface area is 93.1 Å². The lowest BCUT2D eigenvalue weighted by molar-refractivity contribution is -0.137. The molecule has 0 saturated heterocycles. The second-order valence-corrected chi connectivity index (χ2v) is 3.34. The van der Waals surface area contributed by atoms with Gasteiger partial charge in [0, 0.05) is 7.05 Å². The number of aryl methyl sites for hydroxylation is 1. The van der Waals surface area contributed by atoms with Crippen LogP contribution in [0.15, 0.2) is 29.1 Å². The van der Waals surface area contributed by atoms with Crippen LogP contribution in [-0.4, -0.2) is 19.8 Å². The van der Waals surface area contributed by atoms with Gasteiger partial charge < -0.3 is 0 Å². The average Bonchev–Trinajstić information content (AvgIpc) is 2.59. The minimum absolute atomic E-state index is 0.0259. The summed E-state index contributed by atoms with van der Waals surface area (Å²) in [5.41, 5.74) is -1.42. The zero-order valence-corrected chi connectivity index (χ0v) is 8.64. The Morgan fingerprint density at radius 2 is 1.94 bits per heavy atom. The fourth-order valence-corrected chi connectivity index (χ4v) is 1.29. The monoisotopic (exact) mass is 244 g/mol. The molecule has 1 heterocycles. The number of tetrazole rings is 1. The second kappa shape index (κ2) is 3.72. The number of aromatic nitrogens is 4. The van der Waals surface area contributed by atoms with Gasteiger partial charge in [-0.25, -0.2) is 4.79 Å². The molecule has 0 unspecified atom stereocenters. The Morgan fingerprint density at radius 1 is 1.24 bits per heavy atom. The van der Waals surface area contributed by atoms with Crippen LogP contribution >= 0.6 is 0 Å². The normalized spacial score (nSPS) is 11.8. The van der Waals surface area contributed by atoms with Crippen LogP contribution in [0, 0.1) is 0 Å². The first kappa shape index (κ1) is 11.4. The molecule has 1 aromatic carbocycles. The Hall–Kier alpha value is -2.12. The lowest BCUT2D eigenvalue weighted by Crippen LogP contribution is -2.22. The molecule has 0 N–H and O–H groups in total. The molecule has 8 heteroatoms. The highest BCUT2D eigenvalue weighted by atomic mass is 19.4. The predicted molar refractivity (Wildman–Crippen MR) is 51.6 cm³/mol. The molecule has 90 valence electrons. The number of halogens is 3. The molecule has 5 nitrogen and oxygen atoms in total. The maximum Gasteiger partial charge on any atom is 0.416 e. The summed E-state index contributed by atoms with van der Waals surface area (Å²) >= 11 is 0. The summed E-state index contributed by atoms with van der Waals surface area (Å²) in [5.74, 6) is 0. The average molecular weight is 244 g/mol.